The number of rotatable bonds is 3. The molecule has 2 aromatic rings. The second-order valence-corrected chi connectivity index (χ2v) is 6.33. The fourth-order valence-electron chi connectivity index (χ4n) is 3.17. The van der Waals surface area contributed by atoms with Crippen molar-refractivity contribution in [3.05, 3.63) is 42.0 Å². The van der Waals surface area contributed by atoms with Gasteiger partial charge in [-0.05, 0) is 56.4 Å². The van der Waals surface area contributed by atoms with Crippen LogP contribution in [0, 0.1) is 12.8 Å². The van der Waals surface area contributed by atoms with Crippen molar-refractivity contribution in [3.8, 4) is 5.69 Å². The Hall–Kier alpha value is -2.21. The summed E-state index contributed by atoms with van der Waals surface area (Å²) < 4.78 is 1.69. The SMILES string of the molecule is Cc1cc(-n2cncn2)ccc1C(=O)N1CCC(C(C)N)CC1. The Bertz CT molecular complexity index is 672. The lowest BCUT2D eigenvalue weighted by Gasteiger charge is -2.34. The van der Waals surface area contributed by atoms with E-state index in [1.54, 1.807) is 11.0 Å². The molecule has 0 saturated carbocycles. The van der Waals surface area contributed by atoms with Crippen LogP contribution in [0.15, 0.2) is 30.9 Å². The van der Waals surface area contributed by atoms with Crippen LogP contribution in [0.1, 0.15) is 35.7 Å². The Balaban J connectivity index is 1.73. The molecular weight excluding hydrogens is 290 g/mol. The summed E-state index contributed by atoms with van der Waals surface area (Å²) in [5.74, 6) is 0.630. The van der Waals surface area contributed by atoms with Crippen LogP contribution in [-0.2, 0) is 0 Å². The highest BCUT2D eigenvalue weighted by Gasteiger charge is 2.26. The largest absolute Gasteiger partial charge is 0.339 e. The molecule has 1 unspecified atom stereocenters. The summed E-state index contributed by atoms with van der Waals surface area (Å²) in [5, 5.41) is 4.12. The molecule has 0 spiro atoms. The van der Waals surface area contributed by atoms with Crippen molar-refractivity contribution in [1.82, 2.24) is 19.7 Å². The molecular formula is C17H23N5O. The zero-order chi connectivity index (χ0) is 16.4. The second-order valence-electron chi connectivity index (χ2n) is 6.33. The molecule has 1 saturated heterocycles. The van der Waals surface area contributed by atoms with Crippen molar-refractivity contribution in [1.29, 1.82) is 0 Å². The third-order valence-electron chi connectivity index (χ3n) is 4.69. The molecule has 1 aromatic heterocycles. The average molecular weight is 313 g/mol. The van der Waals surface area contributed by atoms with E-state index in [-0.39, 0.29) is 11.9 Å². The van der Waals surface area contributed by atoms with Gasteiger partial charge in [0, 0.05) is 24.7 Å². The highest BCUT2D eigenvalue weighted by atomic mass is 16.2. The molecule has 1 fully saturated rings. The van der Waals surface area contributed by atoms with Gasteiger partial charge in [0.15, 0.2) is 0 Å². The van der Waals surface area contributed by atoms with Gasteiger partial charge < -0.3 is 10.6 Å². The first-order valence-corrected chi connectivity index (χ1v) is 8.07. The van der Waals surface area contributed by atoms with Gasteiger partial charge in [-0.15, -0.1) is 0 Å². The zero-order valence-corrected chi connectivity index (χ0v) is 13.6. The molecule has 0 aliphatic carbocycles. The lowest BCUT2D eigenvalue weighted by atomic mass is 9.90. The van der Waals surface area contributed by atoms with Crippen LogP contribution in [0.2, 0.25) is 0 Å². The Kier molecular flexibility index (Phi) is 4.43. The van der Waals surface area contributed by atoms with Crippen molar-refractivity contribution in [2.24, 2.45) is 11.7 Å². The number of nitrogens with zero attached hydrogens (tertiary/aromatic N) is 4. The normalized spacial score (nSPS) is 17.3. The molecule has 6 heteroatoms. The van der Waals surface area contributed by atoms with E-state index in [1.165, 1.54) is 6.33 Å². The van der Waals surface area contributed by atoms with Crippen LogP contribution in [-0.4, -0.2) is 44.7 Å². The van der Waals surface area contributed by atoms with E-state index in [1.807, 2.05) is 30.0 Å². The number of likely N-dealkylation sites (tertiary alicyclic amines) is 1. The van der Waals surface area contributed by atoms with E-state index in [2.05, 4.69) is 17.0 Å². The first kappa shape index (κ1) is 15.7. The van der Waals surface area contributed by atoms with Crippen molar-refractivity contribution in [2.45, 2.75) is 32.7 Å². The minimum absolute atomic E-state index is 0.107. The second kappa shape index (κ2) is 6.50. The monoisotopic (exact) mass is 313 g/mol. The zero-order valence-electron chi connectivity index (χ0n) is 13.6. The van der Waals surface area contributed by atoms with Gasteiger partial charge in [-0.2, -0.15) is 5.10 Å². The molecule has 1 aliphatic heterocycles. The number of hydrogen-bond acceptors (Lipinski definition) is 4. The molecule has 2 heterocycles. The van der Waals surface area contributed by atoms with Crippen LogP contribution in [0.3, 0.4) is 0 Å². The summed E-state index contributed by atoms with van der Waals surface area (Å²) >= 11 is 0. The van der Waals surface area contributed by atoms with Gasteiger partial charge in [-0.3, -0.25) is 4.79 Å². The first-order chi connectivity index (χ1) is 11.1. The fraction of sp³-hybridized carbons (Fsp3) is 0.471. The summed E-state index contributed by atoms with van der Waals surface area (Å²) in [6, 6.07) is 5.96. The number of nitrogens with two attached hydrogens (primary N) is 1. The fourth-order valence-corrected chi connectivity index (χ4v) is 3.17. The van der Waals surface area contributed by atoms with Crippen molar-refractivity contribution >= 4 is 5.91 Å². The summed E-state index contributed by atoms with van der Waals surface area (Å²) in [6.07, 6.45) is 5.12. The number of carbonyl (C=O) groups is 1. The Morgan fingerprint density at radius 2 is 2.09 bits per heavy atom. The highest BCUT2D eigenvalue weighted by Crippen LogP contribution is 2.22. The average Bonchev–Trinajstić information content (AvgIpc) is 3.08. The van der Waals surface area contributed by atoms with Gasteiger partial charge in [0.05, 0.1) is 5.69 Å². The summed E-state index contributed by atoms with van der Waals surface area (Å²) in [7, 11) is 0. The van der Waals surface area contributed by atoms with Gasteiger partial charge in [0.2, 0.25) is 0 Å². The quantitative estimate of drug-likeness (QED) is 0.937. The number of aryl methyl sites for hydroxylation is 1. The topological polar surface area (TPSA) is 77.0 Å². The molecule has 1 aliphatic rings. The van der Waals surface area contributed by atoms with Crippen molar-refractivity contribution in [3.63, 3.8) is 0 Å². The van der Waals surface area contributed by atoms with Crippen LogP contribution in [0.5, 0.6) is 0 Å². The predicted octanol–water partition coefficient (Wildman–Crippen LogP) is 1.78. The molecule has 122 valence electrons. The maximum absolute atomic E-state index is 12.8. The van der Waals surface area contributed by atoms with E-state index in [0.717, 1.165) is 42.7 Å². The molecule has 1 atom stereocenters. The molecule has 2 N–H and O–H groups in total. The standard InChI is InChI=1S/C17H23N5O/c1-12-9-15(22-11-19-10-20-22)3-4-16(12)17(23)21-7-5-14(6-8-21)13(2)18/h3-4,9-11,13-14H,5-8,18H2,1-2H3. The number of aromatic nitrogens is 3. The number of benzene rings is 1. The maximum atomic E-state index is 12.8. The van der Waals surface area contributed by atoms with Gasteiger partial charge in [0.25, 0.3) is 5.91 Å². The van der Waals surface area contributed by atoms with Crippen LogP contribution < -0.4 is 5.73 Å². The minimum Gasteiger partial charge on any atom is -0.339 e. The first-order valence-electron chi connectivity index (χ1n) is 8.07. The molecule has 3 rings (SSSR count). The number of piperidine rings is 1. The number of hydrogen-bond donors (Lipinski definition) is 1. The highest BCUT2D eigenvalue weighted by molar-refractivity contribution is 5.96. The third-order valence-corrected chi connectivity index (χ3v) is 4.69. The van der Waals surface area contributed by atoms with Gasteiger partial charge in [-0.25, -0.2) is 9.67 Å². The summed E-state index contributed by atoms with van der Waals surface area (Å²) in [4.78, 5) is 18.6. The molecule has 0 bridgehead atoms. The van der Waals surface area contributed by atoms with E-state index in [4.69, 9.17) is 5.73 Å². The van der Waals surface area contributed by atoms with Crippen molar-refractivity contribution < 1.29 is 4.79 Å². The molecule has 1 aromatic carbocycles. The summed E-state index contributed by atoms with van der Waals surface area (Å²) in [5.41, 5.74) is 8.59. The Morgan fingerprint density at radius 1 is 1.35 bits per heavy atom. The predicted molar refractivity (Wildman–Crippen MR) is 88.4 cm³/mol. The number of amides is 1. The molecule has 23 heavy (non-hydrogen) atoms. The van der Waals surface area contributed by atoms with Gasteiger partial charge in [-0.1, -0.05) is 0 Å². The molecule has 6 nitrogen and oxygen atoms in total. The van der Waals surface area contributed by atoms with Gasteiger partial charge in [0.1, 0.15) is 12.7 Å². The van der Waals surface area contributed by atoms with E-state index < -0.39 is 0 Å². The van der Waals surface area contributed by atoms with E-state index >= 15 is 0 Å². The molecule has 1 amide bonds. The number of carbonyl (C=O) groups excluding carboxylic acids is 1. The van der Waals surface area contributed by atoms with Crippen LogP contribution in [0.25, 0.3) is 5.69 Å². The summed E-state index contributed by atoms with van der Waals surface area (Å²) in [6.45, 7) is 5.59. The van der Waals surface area contributed by atoms with Crippen molar-refractivity contribution in [2.75, 3.05) is 13.1 Å². The Labute approximate surface area is 136 Å². The third kappa shape index (κ3) is 3.27. The Morgan fingerprint density at radius 3 is 2.65 bits per heavy atom. The van der Waals surface area contributed by atoms with E-state index in [9.17, 15) is 4.79 Å². The van der Waals surface area contributed by atoms with Crippen LogP contribution in [0.4, 0.5) is 0 Å². The van der Waals surface area contributed by atoms with Crippen LogP contribution >= 0.6 is 0 Å². The lowest BCUT2D eigenvalue weighted by molar-refractivity contribution is 0.0680. The minimum atomic E-state index is 0.107. The maximum Gasteiger partial charge on any atom is 0.254 e. The lowest BCUT2D eigenvalue weighted by Crippen LogP contribution is -2.42. The van der Waals surface area contributed by atoms with E-state index in [0.29, 0.717) is 5.92 Å². The smallest absolute Gasteiger partial charge is 0.254 e. The molecule has 0 radical (unpaired) electrons. The van der Waals surface area contributed by atoms with Gasteiger partial charge >= 0.3 is 0 Å².